The first kappa shape index (κ1) is 18.5. The summed E-state index contributed by atoms with van der Waals surface area (Å²) in [6, 6.07) is 14.4. The number of rotatable bonds is 5. The van der Waals surface area contributed by atoms with Crippen molar-refractivity contribution < 1.29 is 4.79 Å². The summed E-state index contributed by atoms with van der Waals surface area (Å²) in [5, 5.41) is 7.14. The smallest absolute Gasteiger partial charge is 0.229 e. The van der Waals surface area contributed by atoms with Crippen molar-refractivity contribution in [1.82, 2.24) is 10.6 Å². The van der Waals surface area contributed by atoms with Gasteiger partial charge in [0.25, 0.3) is 0 Å². The van der Waals surface area contributed by atoms with Crippen LogP contribution in [0.1, 0.15) is 17.2 Å². The molecule has 1 unspecified atom stereocenters. The Morgan fingerprint density at radius 3 is 2.84 bits per heavy atom. The van der Waals surface area contributed by atoms with Crippen LogP contribution in [0.5, 0.6) is 0 Å². The summed E-state index contributed by atoms with van der Waals surface area (Å²) in [6.07, 6.45) is 0. The Bertz CT molecular complexity index is 772. The lowest BCUT2D eigenvalue weighted by Gasteiger charge is -2.22. The number of amides is 1. The van der Waals surface area contributed by atoms with Gasteiger partial charge in [-0.25, -0.2) is 0 Å². The van der Waals surface area contributed by atoms with Crippen LogP contribution in [0.4, 0.5) is 5.69 Å². The number of para-hydroxylation sites is 1. The van der Waals surface area contributed by atoms with E-state index in [1.165, 1.54) is 11.1 Å². The van der Waals surface area contributed by atoms with Crippen molar-refractivity contribution in [2.75, 3.05) is 30.2 Å². The van der Waals surface area contributed by atoms with Crippen molar-refractivity contribution in [3.05, 3.63) is 58.6 Å². The molecule has 4 nitrogen and oxygen atoms in total. The summed E-state index contributed by atoms with van der Waals surface area (Å²) < 4.78 is 2.16. The van der Waals surface area contributed by atoms with Gasteiger partial charge in [0.2, 0.25) is 5.91 Å². The highest BCUT2D eigenvalue weighted by molar-refractivity contribution is 8.00. The molecule has 7 heteroatoms. The van der Waals surface area contributed by atoms with Crippen molar-refractivity contribution in [2.24, 2.45) is 0 Å². The van der Waals surface area contributed by atoms with E-state index >= 15 is 0 Å². The highest BCUT2D eigenvalue weighted by Crippen LogP contribution is 2.43. The molecule has 25 heavy (non-hydrogen) atoms. The Morgan fingerprint density at radius 1 is 1.24 bits per heavy atom. The SMILES string of the molecule is CN1Sc2cc(Cl)ccc2C(NCCNC(=O)CS)c2ccccc21. The number of fused-ring (bicyclic) bond motifs is 2. The van der Waals surface area contributed by atoms with Crippen molar-refractivity contribution in [1.29, 1.82) is 0 Å². The Hall–Kier alpha value is -1.34. The normalized spacial score (nSPS) is 16.0. The molecule has 2 aromatic carbocycles. The van der Waals surface area contributed by atoms with Gasteiger partial charge in [-0.1, -0.05) is 35.9 Å². The van der Waals surface area contributed by atoms with Crippen LogP contribution in [0.2, 0.25) is 5.02 Å². The number of carbonyl (C=O) groups excluding carboxylic acids is 1. The third-order valence-corrected chi connectivity index (χ3v) is 5.59. The Balaban J connectivity index is 1.89. The summed E-state index contributed by atoms with van der Waals surface area (Å²) >= 11 is 11.9. The van der Waals surface area contributed by atoms with Crippen LogP contribution < -0.4 is 14.9 Å². The van der Waals surface area contributed by atoms with E-state index in [4.69, 9.17) is 11.6 Å². The average Bonchev–Trinajstić information content (AvgIpc) is 2.73. The van der Waals surface area contributed by atoms with Crippen molar-refractivity contribution in [2.45, 2.75) is 10.9 Å². The molecule has 0 fully saturated rings. The lowest BCUT2D eigenvalue weighted by molar-refractivity contribution is -0.118. The van der Waals surface area contributed by atoms with Gasteiger partial charge in [-0.2, -0.15) is 12.6 Å². The number of nitrogens with one attached hydrogen (secondary N) is 2. The summed E-state index contributed by atoms with van der Waals surface area (Å²) in [5.41, 5.74) is 3.56. The minimum atomic E-state index is -0.0612. The predicted molar refractivity (Wildman–Crippen MR) is 109 cm³/mol. The molecule has 3 rings (SSSR count). The molecule has 1 aliphatic heterocycles. The van der Waals surface area contributed by atoms with E-state index in [1.807, 2.05) is 18.2 Å². The standard InChI is InChI=1S/C18H20ClN3OS2/c1-22-15-5-3-2-4-13(15)18(21-9-8-20-17(23)11-24)14-7-6-12(19)10-16(14)25-22/h2-7,10,18,21,24H,8-9,11H2,1H3,(H,20,23). The minimum absolute atomic E-state index is 0.0359. The molecule has 2 N–H and O–H groups in total. The van der Waals surface area contributed by atoms with Gasteiger partial charge < -0.3 is 14.9 Å². The van der Waals surface area contributed by atoms with Crippen LogP contribution in [-0.2, 0) is 4.79 Å². The van der Waals surface area contributed by atoms with Crippen LogP contribution in [0.25, 0.3) is 0 Å². The first-order valence-corrected chi connectivity index (χ1v) is 9.79. The molecule has 0 aliphatic carbocycles. The van der Waals surface area contributed by atoms with Crippen LogP contribution in [0.15, 0.2) is 47.4 Å². The molecule has 0 radical (unpaired) electrons. The molecule has 0 aromatic heterocycles. The zero-order valence-corrected chi connectivity index (χ0v) is 16.3. The third kappa shape index (κ3) is 4.26. The maximum atomic E-state index is 11.4. The van der Waals surface area contributed by atoms with Crippen LogP contribution in [-0.4, -0.2) is 31.8 Å². The Kier molecular flexibility index (Phi) is 6.17. The second-order valence-electron chi connectivity index (χ2n) is 5.72. The number of halogens is 1. The van der Waals surface area contributed by atoms with Crippen LogP contribution in [0.3, 0.4) is 0 Å². The molecule has 0 bridgehead atoms. The summed E-state index contributed by atoms with van der Waals surface area (Å²) in [4.78, 5) is 12.5. The van der Waals surface area contributed by atoms with E-state index in [9.17, 15) is 4.79 Å². The fourth-order valence-corrected chi connectivity index (χ4v) is 4.28. The van der Waals surface area contributed by atoms with Gasteiger partial charge in [0.05, 0.1) is 17.5 Å². The number of carbonyl (C=O) groups is 1. The predicted octanol–water partition coefficient (Wildman–Crippen LogP) is 3.52. The maximum absolute atomic E-state index is 11.4. The van der Waals surface area contributed by atoms with E-state index in [0.29, 0.717) is 13.1 Å². The van der Waals surface area contributed by atoms with Gasteiger partial charge in [-0.05, 0) is 41.3 Å². The summed E-state index contributed by atoms with van der Waals surface area (Å²) in [6.45, 7) is 1.22. The highest BCUT2D eigenvalue weighted by atomic mass is 35.5. The van der Waals surface area contributed by atoms with E-state index < -0.39 is 0 Å². The maximum Gasteiger partial charge on any atom is 0.229 e. The fraction of sp³-hybridized carbons (Fsp3) is 0.278. The second kappa shape index (κ2) is 8.36. The molecule has 0 spiro atoms. The lowest BCUT2D eigenvalue weighted by Crippen LogP contribution is -2.34. The fourth-order valence-electron chi connectivity index (χ4n) is 2.90. The molecule has 2 aromatic rings. The van der Waals surface area contributed by atoms with E-state index in [1.54, 1.807) is 11.9 Å². The monoisotopic (exact) mass is 393 g/mol. The first-order valence-electron chi connectivity index (χ1n) is 8.01. The molecule has 1 atom stereocenters. The van der Waals surface area contributed by atoms with Crippen molar-refractivity contribution >= 4 is 47.8 Å². The summed E-state index contributed by atoms with van der Waals surface area (Å²) in [7, 11) is 2.06. The van der Waals surface area contributed by atoms with Gasteiger partial charge >= 0.3 is 0 Å². The number of nitrogens with zero attached hydrogens (tertiary/aromatic N) is 1. The quantitative estimate of drug-likeness (QED) is 0.413. The zero-order valence-electron chi connectivity index (χ0n) is 13.8. The number of thiol groups is 1. The topological polar surface area (TPSA) is 44.4 Å². The molecule has 1 aliphatic rings. The first-order chi connectivity index (χ1) is 12.1. The minimum Gasteiger partial charge on any atom is -0.354 e. The van der Waals surface area contributed by atoms with Crippen LogP contribution in [0, 0.1) is 0 Å². The van der Waals surface area contributed by atoms with Gasteiger partial charge in [0.1, 0.15) is 0 Å². The molecule has 0 saturated heterocycles. The van der Waals surface area contributed by atoms with Gasteiger partial charge in [-0.3, -0.25) is 4.79 Å². The lowest BCUT2D eigenvalue weighted by atomic mass is 9.97. The zero-order chi connectivity index (χ0) is 17.8. The molecular weight excluding hydrogens is 374 g/mol. The molecule has 1 amide bonds. The highest BCUT2D eigenvalue weighted by Gasteiger charge is 2.26. The Morgan fingerprint density at radius 2 is 2.04 bits per heavy atom. The van der Waals surface area contributed by atoms with Gasteiger partial charge in [-0.15, -0.1) is 0 Å². The van der Waals surface area contributed by atoms with Gasteiger partial charge in [0, 0.05) is 30.1 Å². The largest absolute Gasteiger partial charge is 0.354 e. The number of anilines is 1. The molecular formula is C18H20ClN3OS2. The number of hydrogen-bond donors (Lipinski definition) is 3. The average molecular weight is 394 g/mol. The Labute approximate surface area is 162 Å². The van der Waals surface area contributed by atoms with E-state index in [0.717, 1.165) is 15.6 Å². The van der Waals surface area contributed by atoms with E-state index in [-0.39, 0.29) is 17.7 Å². The third-order valence-electron chi connectivity index (χ3n) is 4.05. The van der Waals surface area contributed by atoms with Crippen LogP contribution >= 0.6 is 36.2 Å². The molecule has 1 heterocycles. The second-order valence-corrected chi connectivity index (χ2v) is 7.65. The number of hydrogen-bond acceptors (Lipinski definition) is 5. The summed E-state index contributed by atoms with van der Waals surface area (Å²) in [5.74, 6) is 0.142. The number of benzene rings is 2. The molecule has 0 saturated carbocycles. The van der Waals surface area contributed by atoms with E-state index in [2.05, 4.69) is 58.9 Å². The molecule has 132 valence electrons. The van der Waals surface area contributed by atoms with Crippen molar-refractivity contribution in [3.63, 3.8) is 0 Å². The van der Waals surface area contributed by atoms with Crippen molar-refractivity contribution in [3.8, 4) is 0 Å². The van der Waals surface area contributed by atoms with Gasteiger partial charge in [0.15, 0.2) is 0 Å².